The lowest BCUT2D eigenvalue weighted by Gasteiger charge is -2.17. The summed E-state index contributed by atoms with van der Waals surface area (Å²) >= 11 is 0. The fourth-order valence-corrected chi connectivity index (χ4v) is 2.15. The highest BCUT2D eigenvalue weighted by atomic mass is 19.1. The van der Waals surface area contributed by atoms with Gasteiger partial charge in [0.25, 0.3) is 0 Å². The van der Waals surface area contributed by atoms with E-state index in [4.69, 9.17) is 4.74 Å². The maximum absolute atomic E-state index is 13.1. The third kappa shape index (κ3) is 2.53. The largest absolute Gasteiger partial charge is 0.496 e. The molecule has 0 aliphatic carbocycles. The fourth-order valence-electron chi connectivity index (χ4n) is 2.15. The molecule has 0 bridgehead atoms. The van der Waals surface area contributed by atoms with Crippen LogP contribution < -0.4 is 4.74 Å². The molecule has 1 unspecified atom stereocenters. The summed E-state index contributed by atoms with van der Waals surface area (Å²) in [5.41, 5.74) is 2.33. The third-order valence-corrected chi connectivity index (χ3v) is 3.05. The van der Waals surface area contributed by atoms with E-state index in [1.54, 1.807) is 7.11 Å². The molecule has 1 aromatic carbocycles. The topological polar surface area (TPSA) is 12.5 Å². The molecule has 1 aliphatic rings. The second kappa shape index (κ2) is 4.83. The first kappa shape index (κ1) is 11.4. The van der Waals surface area contributed by atoms with E-state index in [0.717, 1.165) is 24.4 Å². The summed E-state index contributed by atoms with van der Waals surface area (Å²) in [4.78, 5) is 2.14. The van der Waals surface area contributed by atoms with Gasteiger partial charge in [-0.2, -0.15) is 0 Å². The molecule has 0 aromatic heterocycles. The van der Waals surface area contributed by atoms with E-state index in [1.165, 1.54) is 5.56 Å². The fraction of sp³-hybridized carbons (Fsp3) is 0.538. The van der Waals surface area contributed by atoms with Crippen molar-refractivity contribution in [1.82, 2.24) is 4.90 Å². The Balaban J connectivity index is 2.08. The molecule has 1 fully saturated rings. The van der Waals surface area contributed by atoms with Gasteiger partial charge in [0.2, 0.25) is 0 Å². The molecular formula is C13H18FNO. The standard InChI is InChI=1S/C13H18FNO/c1-10-3-4-11(13(7-10)16-2)8-15-6-5-12(14)9-15/h3-4,7,12H,5-6,8-9H2,1-2H3. The molecule has 0 saturated carbocycles. The zero-order valence-corrected chi connectivity index (χ0v) is 9.87. The normalized spacial score (nSPS) is 21.3. The molecule has 0 N–H and O–H groups in total. The van der Waals surface area contributed by atoms with Gasteiger partial charge in [0, 0.05) is 25.2 Å². The predicted molar refractivity (Wildman–Crippen MR) is 62.5 cm³/mol. The van der Waals surface area contributed by atoms with E-state index < -0.39 is 6.17 Å². The summed E-state index contributed by atoms with van der Waals surface area (Å²) in [6.45, 7) is 4.22. The van der Waals surface area contributed by atoms with Crippen molar-refractivity contribution in [3.05, 3.63) is 29.3 Å². The molecule has 0 amide bonds. The number of aryl methyl sites for hydroxylation is 1. The van der Waals surface area contributed by atoms with E-state index in [1.807, 2.05) is 13.0 Å². The van der Waals surface area contributed by atoms with E-state index in [9.17, 15) is 4.39 Å². The van der Waals surface area contributed by atoms with Crippen LogP contribution in [0.2, 0.25) is 0 Å². The molecule has 1 aliphatic heterocycles. The Morgan fingerprint density at radius 2 is 2.31 bits per heavy atom. The van der Waals surface area contributed by atoms with Crippen molar-refractivity contribution in [3.8, 4) is 5.75 Å². The minimum Gasteiger partial charge on any atom is -0.496 e. The molecule has 16 heavy (non-hydrogen) atoms. The first-order valence-electron chi connectivity index (χ1n) is 5.69. The number of benzene rings is 1. The number of rotatable bonds is 3. The maximum atomic E-state index is 13.1. The second-order valence-corrected chi connectivity index (χ2v) is 4.44. The van der Waals surface area contributed by atoms with E-state index in [2.05, 4.69) is 17.0 Å². The lowest BCUT2D eigenvalue weighted by Crippen LogP contribution is -2.20. The Hall–Kier alpha value is -1.09. The molecule has 1 heterocycles. The van der Waals surface area contributed by atoms with Crippen LogP contribution in [0.5, 0.6) is 5.75 Å². The van der Waals surface area contributed by atoms with Gasteiger partial charge in [0.05, 0.1) is 7.11 Å². The van der Waals surface area contributed by atoms with Crippen LogP contribution in [0.1, 0.15) is 17.5 Å². The minimum absolute atomic E-state index is 0.553. The van der Waals surface area contributed by atoms with Crippen LogP contribution in [-0.4, -0.2) is 31.3 Å². The predicted octanol–water partition coefficient (Wildman–Crippen LogP) is 2.55. The van der Waals surface area contributed by atoms with Gasteiger partial charge in [-0.15, -0.1) is 0 Å². The van der Waals surface area contributed by atoms with E-state index in [0.29, 0.717) is 13.0 Å². The first-order valence-corrected chi connectivity index (χ1v) is 5.69. The average molecular weight is 223 g/mol. The van der Waals surface area contributed by atoms with E-state index >= 15 is 0 Å². The van der Waals surface area contributed by atoms with Crippen molar-refractivity contribution in [2.24, 2.45) is 0 Å². The van der Waals surface area contributed by atoms with Crippen LogP contribution in [0, 0.1) is 6.92 Å². The van der Waals surface area contributed by atoms with Crippen molar-refractivity contribution >= 4 is 0 Å². The van der Waals surface area contributed by atoms with Gasteiger partial charge in [-0.1, -0.05) is 12.1 Å². The molecule has 2 nitrogen and oxygen atoms in total. The van der Waals surface area contributed by atoms with Gasteiger partial charge in [-0.05, 0) is 25.0 Å². The van der Waals surface area contributed by atoms with Gasteiger partial charge in [-0.25, -0.2) is 4.39 Å². The molecule has 0 spiro atoms. The Morgan fingerprint density at radius 3 is 2.94 bits per heavy atom. The summed E-state index contributed by atoms with van der Waals surface area (Å²) < 4.78 is 18.4. The molecule has 0 radical (unpaired) electrons. The lowest BCUT2D eigenvalue weighted by molar-refractivity contribution is 0.278. The number of alkyl halides is 1. The monoisotopic (exact) mass is 223 g/mol. The zero-order chi connectivity index (χ0) is 11.5. The van der Waals surface area contributed by atoms with Crippen LogP contribution in [0.4, 0.5) is 4.39 Å². The van der Waals surface area contributed by atoms with Crippen LogP contribution >= 0.6 is 0 Å². The number of nitrogens with zero attached hydrogens (tertiary/aromatic N) is 1. The van der Waals surface area contributed by atoms with Gasteiger partial charge in [0.1, 0.15) is 11.9 Å². The molecule has 2 rings (SSSR count). The number of methoxy groups -OCH3 is 1. The summed E-state index contributed by atoms with van der Waals surface area (Å²) in [5, 5.41) is 0. The third-order valence-electron chi connectivity index (χ3n) is 3.05. The number of halogens is 1. The Labute approximate surface area is 96.0 Å². The Bertz CT molecular complexity index is 367. The summed E-state index contributed by atoms with van der Waals surface area (Å²) in [6.07, 6.45) is 0.00482. The van der Waals surface area contributed by atoms with Gasteiger partial charge in [-0.3, -0.25) is 4.90 Å². The number of hydrogen-bond donors (Lipinski definition) is 0. The number of hydrogen-bond acceptors (Lipinski definition) is 2. The quantitative estimate of drug-likeness (QED) is 0.780. The number of ether oxygens (including phenoxy) is 1. The second-order valence-electron chi connectivity index (χ2n) is 4.44. The van der Waals surface area contributed by atoms with Crippen LogP contribution in [0.15, 0.2) is 18.2 Å². The highest BCUT2D eigenvalue weighted by Crippen LogP contribution is 2.23. The first-order chi connectivity index (χ1) is 7.69. The maximum Gasteiger partial charge on any atom is 0.123 e. The van der Waals surface area contributed by atoms with Crippen molar-refractivity contribution < 1.29 is 9.13 Å². The Kier molecular flexibility index (Phi) is 3.44. The molecular weight excluding hydrogens is 205 g/mol. The highest BCUT2D eigenvalue weighted by molar-refractivity contribution is 5.37. The smallest absolute Gasteiger partial charge is 0.123 e. The highest BCUT2D eigenvalue weighted by Gasteiger charge is 2.22. The average Bonchev–Trinajstić information content (AvgIpc) is 2.67. The zero-order valence-electron chi connectivity index (χ0n) is 9.87. The Morgan fingerprint density at radius 1 is 1.50 bits per heavy atom. The molecule has 88 valence electrons. The van der Waals surface area contributed by atoms with Gasteiger partial charge < -0.3 is 4.74 Å². The van der Waals surface area contributed by atoms with Crippen LogP contribution in [-0.2, 0) is 6.54 Å². The van der Waals surface area contributed by atoms with Crippen molar-refractivity contribution in [2.75, 3.05) is 20.2 Å². The molecule has 3 heteroatoms. The number of likely N-dealkylation sites (tertiary alicyclic amines) is 1. The van der Waals surface area contributed by atoms with Crippen molar-refractivity contribution in [3.63, 3.8) is 0 Å². The minimum atomic E-state index is -0.656. The van der Waals surface area contributed by atoms with Gasteiger partial charge >= 0.3 is 0 Å². The molecule has 1 atom stereocenters. The molecule has 1 saturated heterocycles. The van der Waals surface area contributed by atoms with Crippen LogP contribution in [0.25, 0.3) is 0 Å². The van der Waals surface area contributed by atoms with E-state index in [-0.39, 0.29) is 0 Å². The lowest BCUT2D eigenvalue weighted by atomic mass is 10.1. The summed E-state index contributed by atoms with van der Waals surface area (Å²) in [7, 11) is 1.68. The molecule has 1 aromatic rings. The summed E-state index contributed by atoms with van der Waals surface area (Å²) in [5.74, 6) is 0.905. The van der Waals surface area contributed by atoms with Crippen molar-refractivity contribution in [2.45, 2.75) is 26.1 Å². The van der Waals surface area contributed by atoms with Crippen LogP contribution in [0.3, 0.4) is 0 Å². The van der Waals surface area contributed by atoms with Crippen molar-refractivity contribution in [1.29, 1.82) is 0 Å². The summed E-state index contributed by atoms with van der Waals surface area (Å²) in [6, 6.07) is 6.17. The SMILES string of the molecule is COc1cc(C)ccc1CN1CCC(F)C1. The van der Waals surface area contributed by atoms with Gasteiger partial charge in [0.15, 0.2) is 0 Å².